The van der Waals surface area contributed by atoms with Gasteiger partial charge in [0.1, 0.15) is 6.67 Å². The molecule has 0 spiro atoms. The first-order valence-corrected chi connectivity index (χ1v) is 7.49. The van der Waals surface area contributed by atoms with Gasteiger partial charge in [0.2, 0.25) is 0 Å². The summed E-state index contributed by atoms with van der Waals surface area (Å²) in [5, 5.41) is 0. The van der Waals surface area contributed by atoms with Crippen LogP contribution in [0.5, 0.6) is 0 Å². The summed E-state index contributed by atoms with van der Waals surface area (Å²) in [6.45, 7) is -0.170. The van der Waals surface area contributed by atoms with Gasteiger partial charge in [-0.1, -0.05) is 18.1 Å². The number of alkyl halides is 1. The molecule has 0 aliphatic heterocycles. The smallest absolute Gasteiger partial charge is 0.186 e. The number of nitrogens with zero attached hydrogens (tertiary/aromatic N) is 3. The van der Waals surface area contributed by atoms with Gasteiger partial charge in [0.15, 0.2) is 5.82 Å². The first-order valence-electron chi connectivity index (χ1n) is 7.49. The number of anilines is 1. The highest BCUT2D eigenvalue weighted by molar-refractivity contribution is 5.76. The lowest BCUT2D eigenvalue weighted by Gasteiger charge is -2.11. The minimum Gasteiger partial charge on any atom is -0.378 e. The monoisotopic (exact) mass is 306 g/mol. The summed E-state index contributed by atoms with van der Waals surface area (Å²) in [4.78, 5) is 6.55. The van der Waals surface area contributed by atoms with E-state index in [2.05, 4.69) is 16.8 Å². The lowest BCUT2D eigenvalue weighted by atomic mass is 10.2. The number of para-hydroxylation sites is 2. The average Bonchev–Trinajstić information content (AvgIpc) is 2.92. The van der Waals surface area contributed by atoms with E-state index in [9.17, 15) is 4.39 Å². The number of hydrogen-bond acceptors (Lipinski definition) is 2. The maximum atomic E-state index is 12.8. The second-order valence-electron chi connectivity index (χ2n) is 5.46. The zero-order valence-corrected chi connectivity index (χ0v) is 13.3. The van der Waals surface area contributed by atoms with Crippen LogP contribution in [0, 0.1) is 11.8 Å². The fraction of sp³-hybridized carbons (Fsp3) is 0.211. The van der Waals surface area contributed by atoms with Crippen LogP contribution in [0.15, 0.2) is 48.5 Å². The molecule has 3 rings (SSSR count). The van der Waals surface area contributed by atoms with Crippen LogP contribution in [0.1, 0.15) is 11.4 Å². The zero-order chi connectivity index (χ0) is 16.2. The Morgan fingerprint density at radius 3 is 2.48 bits per heavy atom. The number of halogens is 1. The number of aryl methyl sites for hydroxylation is 1. The Bertz CT molecular complexity index is 867. The van der Waals surface area contributed by atoms with Crippen molar-refractivity contribution in [3.63, 3.8) is 0 Å². The summed E-state index contributed by atoms with van der Waals surface area (Å²) in [6.07, 6.45) is 0. The molecule has 0 saturated heterocycles. The van der Waals surface area contributed by atoms with Gasteiger partial charge in [-0.2, -0.15) is 0 Å². The van der Waals surface area contributed by atoms with E-state index < -0.39 is 6.67 Å². The lowest BCUT2D eigenvalue weighted by Crippen LogP contribution is -2.07. The topological polar surface area (TPSA) is 21.1 Å². The Kier molecular flexibility index (Phi) is 4.29. The number of fused-ring (bicyclic) bond motifs is 1. The van der Waals surface area contributed by atoms with Crippen LogP contribution in [0.4, 0.5) is 10.1 Å². The molecule has 0 amide bonds. The van der Waals surface area contributed by atoms with Crippen LogP contribution in [-0.4, -0.2) is 30.3 Å². The Hall–Kier alpha value is -2.80. The van der Waals surface area contributed by atoms with E-state index in [1.807, 2.05) is 72.1 Å². The van der Waals surface area contributed by atoms with Crippen LogP contribution < -0.4 is 4.90 Å². The van der Waals surface area contributed by atoms with E-state index in [0.717, 1.165) is 22.3 Å². The molecule has 1 heterocycles. The predicted octanol–water partition coefficient (Wildman–Crippen LogP) is 3.47. The van der Waals surface area contributed by atoms with Crippen molar-refractivity contribution in [1.82, 2.24) is 9.55 Å². The number of benzene rings is 2. The maximum Gasteiger partial charge on any atom is 0.186 e. The summed E-state index contributed by atoms with van der Waals surface area (Å²) < 4.78 is 14.7. The highest BCUT2D eigenvalue weighted by atomic mass is 18.2. The summed E-state index contributed by atoms with van der Waals surface area (Å²) >= 11 is 0. The SMILES string of the molecule is CN(C)c1ccc(C#Cc2nc3ccccc3n2CC[18F])cc1. The van der Waals surface area contributed by atoms with Crippen molar-refractivity contribution >= 4 is 16.7 Å². The summed E-state index contributed by atoms with van der Waals surface area (Å²) in [7, 11) is 4.00. The number of aromatic nitrogens is 2. The molecule has 0 saturated carbocycles. The van der Waals surface area contributed by atoms with Crippen LogP contribution in [0.2, 0.25) is 0 Å². The third-order valence-electron chi connectivity index (χ3n) is 3.67. The molecule has 23 heavy (non-hydrogen) atoms. The zero-order valence-electron chi connectivity index (χ0n) is 13.3. The molecule has 0 bridgehead atoms. The Morgan fingerprint density at radius 1 is 1.04 bits per heavy atom. The fourth-order valence-electron chi connectivity index (χ4n) is 2.45. The van der Waals surface area contributed by atoms with Crippen LogP contribution in [0.25, 0.3) is 11.0 Å². The van der Waals surface area contributed by atoms with Gasteiger partial charge in [-0.25, -0.2) is 9.37 Å². The third kappa shape index (κ3) is 3.19. The van der Waals surface area contributed by atoms with Gasteiger partial charge in [-0.15, -0.1) is 0 Å². The summed E-state index contributed by atoms with van der Waals surface area (Å²) in [5.74, 6) is 6.78. The molecule has 2 aromatic carbocycles. The Balaban J connectivity index is 1.97. The van der Waals surface area contributed by atoms with Crippen LogP contribution in [0.3, 0.4) is 0 Å². The molecule has 0 radical (unpaired) electrons. The van der Waals surface area contributed by atoms with Crippen LogP contribution >= 0.6 is 0 Å². The summed E-state index contributed by atoms with van der Waals surface area (Å²) in [6, 6.07) is 15.7. The highest BCUT2D eigenvalue weighted by Crippen LogP contribution is 2.16. The molecule has 0 N–H and O–H groups in total. The van der Waals surface area contributed by atoms with Crippen molar-refractivity contribution in [2.45, 2.75) is 6.54 Å². The van der Waals surface area contributed by atoms with E-state index in [-0.39, 0.29) is 6.54 Å². The standard InChI is InChI=1S/C19H18FN3/c1-22(2)16-10-7-15(8-11-16)9-12-19-21-17-5-3-4-6-18(17)23(19)14-13-20/h3-8,10-11H,13-14H2,1-2H3/i20-1. The van der Waals surface area contributed by atoms with Crippen molar-refractivity contribution in [2.24, 2.45) is 0 Å². The number of imidazole rings is 1. The molecule has 3 aromatic rings. The van der Waals surface area contributed by atoms with Gasteiger partial charge < -0.3 is 9.47 Å². The van der Waals surface area contributed by atoms with Crippen molar-refractivity contribution in [3.8, 4) is 11.8 Å². The molecule has 0 fully saturated rings. The first-order chi connectivity index (χ1) is 11.2. The molecule has 0 atom stereocenters. The molecule has 0 unspecified atom stereocenters. The fourth-order valence-corrected chi connectivity index (χ4v) is 2.45. The first kappa shape index (κ1) is 15.1. The van der Waals surface area contributed by atoms with E-state index in [1.165, 1.54) is 0 Å². The predicted molar refractivity (Wildman–Crippen MR) is 92.5 cm³/mol. The Labute approximate surface area is 135 Å². The maximum absolute atomic E-state index is 12.8. The molecule has 1 aromatic heterocycles. The number of rotatable bonds is 3. The number of hydrogen-bond donors (Lipinski definition) is 0. The molecule has 3 nitrogen and oxygen atoms in total. The van der Waals surface area contributed by atoms with Crippen LogP contribution in [-0.2, 0) is 6.54 Å². The van der Waals surface area contributed by atoms with Crippen molar-refractivity contribution in [2.75, 3.05) is 25.7 Å². The molecular weight excluding hydrogens is 288 g/mol. The third-order valence-corrected chi connectivity index (χ3v) is 3.67. The second kappa shape index (κ2) is 6.53. The van der Waals surface area contributed by atoms with E-state index in [4.69, 9.17) is 0 Å². The normalized spacial score (nSPS) is 10.4. The van der Waals surface area contributed by atoms with Crippen molar-refractivity contribution in [3.05, 3.63) is 59.9 Å². The van der Waals surface area contributed by atoms with E-state index in [1.54, 1.807) is 0 Å². The van der Waals surface area contributed by atoms with Gasteiger partial charge in [0.25, 0.3) is 0 Å². The highest BCUT2D eigenvalue weighted by Gasteiger charge is 2.07. The van der Waals surface area contributed by atoms with Gasteiger partial charge >= 0.3 is 0 Å². The molecule has 4 heteroatoms. The van der Waals surface area contributed by atoms with Crippen molar-refractivity contribution in [1.29, 1.82) is 0 Å². The minimum absolute atomic E-state index is 0.268. The lowest BCUT2D eigenvalue weighted by molar-refractivity contribution is 0.448. The van der Waals surface area contributed by atoms with Gasteiger partial charge in [0, 0.05) is 25.3 Å². The Morgan fingerprint density at radius 2 is 1.78 bits per heavy atom. The molecular formula is C19H18FN3. The van der Waals surface area contributed by atoms with E-state index in [0.29, 0.717) is 5.82 Å². The average molecular weight is 306 g/mol. The summed E-state index contributed by atoms with van der Waals surface area (Å²) in [5.41, 5.74) is 3.79. The van der Waals surface area contributed by atoms with Gasteiger partial charge in [0.05, 0.1) is 17.6 Å². The largest absolute Gasteiger partial charge is 0.378 e. The quantitative estimate of drug-likeness (QED) is 0.691. The molecule has 116 valence electrons. The molecule has 0 aliphatic rings. The second-order valence-corrected chi connectivity index (χ2v) is 5.46. The molecule has 0 aliphatic carbocycles. The van der Waals surface area contributed by atoms with Crippen molar-refractivity contribution < 1.29 is 4.39 Å². The van der Waals surface area contributed by atoms with E-state index >= 15 is 0 Å². The van der Waals surface area contributed by atoms with Gasteiger partial charge in [-0.3, -0.25) is 0 Å². The minimum atomic E-state index is -0.438. The van der Waals surface area contributed by atoms with Gasteiger partial charge in [-0.05, 0) is 42.3 Å².